The van der Waals surface area contributed by atoms with Gasteiger partial charge in [-0.3, -0.25) is 44.2 Å². The summed E-state index contributed by atoms with van der Waals surface area (Å²) in [6.45, 7) is 1.74. The van der Waals surface area contributed by atoms with Crippen molar-refractivity contribution in [2.45, 2.75) is 69.9 Å². The van der Waals surface area contributed by atoms with Crippen LogP contribution >= 0.6 is 0 Å². The molecule has 0 aromatic heterocycles. The lowest BCUT2D eigenvalue weighted by Gasteiger charge is -2.33. The van der Waals surface area contributed by atoms with E-state index in [-0.39, 0.29) is 32.2 Å². The molecule has 42 heavy (non-hydrogen) atoms. The number of aldehydes is 1. The first-order valence-electron chi connectivity index (χ1n) is 13.5. The maximum atomic E-state index is 13.9. The first-order chi connectivity index (χ1) is 19.8. The van der Waals surface area contributed by atoms with Crippen molar-refractivity contribution in [3.05, 3.63) is 12.2 Å². The second-order valence-electron chi connectivity index (χ2n) is 10.1. The zero-order valence-corrected chi connectivity index (χ0v) is 24.1. The van der Waals surface area contributed by atoms with Gasteiger partial charge in [0, 0.05) is 26.4 Å². The van der Waals surface area contributed by atoms with E-state index in [0.29, 0.717) is 6.29 Å². The Morgan fingerprint density at radius 1 is 1.17 bits per heavy atom. The molecule has 0 saturated carbocycles. The Kier molecular flexibility index (Phi) is 15.4. The lowest BCUT2D eigenvalue weighted by Crippen LogP contribution is -2.63. The Balaban J connectivity index is 3.56. The van der Waals surface area contributed by atoms with Gasteiger partial charge in [0.05, 0.1) is 25.2 Å². The molecule has 10 N–H and O–H groups in total. The van der Waals surface area contributed by atoms with E-state index < -0.39 is 90.3 Å². The normalized spacial score (nSPS) is 21.9. The van der Waals surface area contributed by atoms with Crippen LogP contribution in [0.4, 0.5) is 0 Å². The summed E-state index contributed by atoms with van der Waals surface area (Å²) in [6.07, 6.45) is 1.80. The lowest BCUT2D eigenvalue weighted by atomic mass is 9.94. The number of primary amides is 1. The average molecular weight is 595 g/mol. The van der Waals surface area contributed by atoms with Crippen molar-refractivity contribution in [3.63, 3.8) is 0 Å². The van der Waals surface area contributed by atoms with Gasteiger partial charge in [0.25, 0.3) is 0 Å². The van der Waals surface area contributed by atoms with E-state index in [1.165, 1.54) is 19.2 Å². The van der Waals surface area contributed by atoms with Crippen molar-refractivity contribution >= 4 is 47.3 Å². The average Bonchev–Trinajstić information content (AvgIpc) is 2.95. The van der Waals surface area contributed by atoms with Crippen LogP contribution in [0.25, 0.3) is 0 Å². The van der Waals surface area contributed by atoms with Crippen molar-refractivity contribution in [1.29, 1.82) is 0 Å². The van der Waals surface area contributed by atoms with Gasteiger partial charge in [0.15, 0.2) is 23.4 Å². The maximum Gasteiger partial charge on any atom is 0.250 e. The van der Waals surface area contributed by atoms with E-state index in [1.807, 2.05) is 0 Å². The van der Waals surface area contributed by atoms with Gasteiger partial charge in [-0.2, -0.15) is 0 Å². The summed E-state index contributed by atoms with van der Waals surface area (Å²) in [4.78, 5) is 102. The van der Waals surface area contributed by atoms with Gasteiger partial charge in [-0.25, -0.2) is 0 Å². The highest BCUT2D eigenvalue weighted by Gasteiger charge is 2.41. The van der Waals surface area contributed by atoms with Crippen molar-refractivity contribution in [2.24, 2.45) is 23.1 Å². The molecule has 0 aliphatic carbocycles. The monoisotopic (exact) mass is 594 g/mol. The zero-order chi connectivity index (χ0) is 32.0. The molecule has 1 aliphatic rings. The largest absolute Gasteiger partial charge is 0.370 e. The summed E-state index contributed by atoms with van der Waals surface area (Å²) in [5.74, 6) is -5.87. The third kappa shape index (κ3) is 10.8. The van der Waals surface area contributed by atoms with Crippen LogP contribution in [0.5, 0.6) is 0 Å². The first-order valence-corrected chi connectivity index (χ1v) is 13.5. The number of rotatable bonds is 13. The molecule has 16 heteroatoms. The molecule has 0 aromatic carbocycles. The molecule has 4 amide bonds. The SMILES string of the molecule is CNC(=O)[C@H](C(=O)CN)N1C/C=C\CCC(=O)N[C@@H](N[C@@H](C=O)CCC(N)=O)C(=O)CN[C@@H](C(=O)[C@@H](N)C(C)C)C1=O. The smallest absolute Gasteiger partial charge is 0.250 e. The Morgan fingerprint density at radius 3 is 2.38 bits per heavy atom. The molecule has 0 fully saturated rings. The number of ketones is 3. The predicted octanol–water partition coefficient (Wildman–Crippen LogP) is -4.25. The summed E-state index contributed by atoms with van der Waals surface area (Å²) >= 11 is 0. The van der Waals surface area contributed by atoms with E-state index >= 15 is 0 Å². The standard InChI is InChI=1S/C26H42N8O8/c1-14(2)20(29)23(40)21-26(42)34(22(16(36)11-27)25(41)30-3)10-6-4-5-7-19(39)33-24(17(37)12-31-21)32-15(13-35)8-9-18(28)38/h4,6,13-15,20-22,24,31-32H,5,7-12,27,29H2,1-3H3,(H2,28,38)(H,30,41)(H,33,39)/b6-4-/t15-,20+,21+,22+,24-/m1/s1. The molecule has 0 bridgehead atoms. The van der Waals surface area contributed by atoms with E-state index in [0.717, 1.165) is 4.90 Å². The fourth-order valence-corrected chi connectivity index (χ4v) is 4.00. The molecule has 1 aliphatic heterocycles. The molecule has 0 spiro atoms. The highest BCUT2D eigenvalue weighted by atomic mass is 16.2. The van der Waals surface area contributed by atoms with Crippen LogP contribution in [-0.4, -0.2) is 109 Å². The fraction of sp³-hybridized carbons (Fsp3) is 0.615. The summed E-state index contributed by atoms with van der Waals surface area (Å²) in [5.41, 5.74) is 16.7. The van der Waals surface area contributed by atoms with Gasteiger partial charge in [-0.1, -0.05) is 26.0 Å². The second kappa shape index (κ2) is 17.8. The van der Waals surface area contributed by atoms with Crippen LogP contribution in [0.15, 0.2) is 12.2 Å². The number of nitrogens with one attached hydrogen (secondary N) is 4. The Labute approximate surface area is 243 Å². The summed E-state index contributed by atoms with van der Waals surface area (Å²) < 4.78 is 0. The van der Waals surface area contributed by atoms with Crippen LogP contribution in [0.3, 0.4) is 0 Å². The lowest BCUT2D eigenvalue weighted by molar-refractivity contribution is -0.149. The molecule has 1 heterocycles. The predicted molar refractivity (Wildman–Crippen MR) is 150 cm³/mol. The fourth-order valence-electron chi connectivity index (χ4n) is 4.00. The molecule has 0 radical (unpaired) electrons. The van der Waals surface area contributed by atoms with Crippen LogP contribution in [-0.2, 0) is 38.4 Å². The third-order valence-electron chi connectivity index (χ3n) is 6.54. The minimum Gasteiger partial charge on any atom is -0.370 e. The highest BCUT2D eigenvalue weighted by molar-refractivity contribution is 6.13. The number of carbonyl (C=O) groups is 8. The van der Waals surface area contributed by atoms with E-state index in [4.69, 9.17) is 17.2 Å². The van der Waals surface area contributed by atoms with Crippen LogP contribution in [0, 0.1) is 5.92 Å². The minimum absolute atomic E-state index is 0.0531. The van der Waals surface area contributed by atoms with Gasteiger partial charge >= 0.3 is 0 Å². The Morgan fingerprint density at radius 2 is 1.83 bits per heavy atom. The maximum absolute atomic E-state index is 13.9. The molecular formula is C26H42N8O8. The molecule has 0 saturated heterocycles. The number of allylic oxidation sites excluding steroid dienone is 1. The van der Waals surface area contributed by atoms with E-state index in [9.17, 15) is 38.4 Å². The topological polar surface area (TPSA) is 266 Å². The van der Waals surface area contributed by atoms with Gasteiger partial charge < -0.3 is 37.5 Å². The zero-order valence-electron chi connectivity index (χ0n) is 24.1. The Bertz CT molecular complexity index is 1050. The molecule has 5 atom stereocenters. The number of Topliss-reactive ketones (excluding diaryl/α,β-unsaturated/α-hetero) is 3. The van der Waals surface area contributed by atoms with Crippen molar-refractivity contribution in [3.8, 4) is 0 Å². The van der Waals surface area contributed by atoms with E-state index in [1.54, 1.807) is 13.8 Å². The van der Waals surface area contributed by atoms with Crippen LogP contribution < -0.4 is 38.5 Å². The number of hydrogen-bond donors (Lipinski definition) is 7. The first kappa shape index (κ1) is 36.2. The summed E-state index contributed by atoms with van der Waals surface area (Å²) in [5, 5.41) is 10.0. The molecular weight excluding hydrogens is 552 g/mol. The molecule has 234 valence electrons. The summed E-state index contributed by atoms with van der Waals surface area (Å²) in [6, 6.07) is -5.66. The molecule has 0 aromatic rings. The van der Waals surface area contributed by atoms with Crippen LogP contribution in [0.1, 0.15) is 39.5 Å². The Hall–Kier alpha value is -3.86. The number of hydrogen-bond acceptors (Lipinski definition) is 12. The second-order valence-corrected chi connectivity index (χ2v) is 10.1. The number of nitrogens with two attached hydrogens (primary N) is 3. The van der Waals surface area contributed by atoms with Gasteiger partial charge in [0.1, 0.15) is 18.5 Å². The van der Waals surface area contributed by atoms with Gasteiger partial charge in [-0.15, -0.1) is 0 Å². The number of nitrogens with zero attached hydrogens (tertiary/aromatic N) is 1. The van der Waals surface area contributed by atoms with Gasteiger partial charge in [-0.05, 0) is 18.8 Å². The molecule has 1 rings (SSSR count). The quantitative estimate of drug-likeness (QED) is 0.0607. The van der Waals surface area contributed by atoms with Gasteiger partial charge in [0.2, 0.25) is 23.6 Å². The minimum atomic E-state index is -1.77. The highest BCUT2D eigenvalue weighted by Crippen LogP contribution is 2.11. The molecule has 16 nitrogen and oxygen atoms in total. The van der Waals surface area contributed by atoms with Crippen molar-refractivity contribution in [1.82, 2.24) is 26.2 Å². The number of carbonyl (C=O) groups excluding carboxylic acids is 8. The van der Waals surface area contributed by atoms with E-state index in [2.05, 4.69) is 21.3 Å². The van der Waals surface area contributed by atoms with Crippen LogP contribution in [0.2, 0.25) is 0 Å². The number of amides is 4. The summed E-state index contributed by atoms with van der Waals surface area (Å²) in [7, 11) is 1.26. The number of likely N-dealkylation sites (N-methyl/N-ethyl adjacent to an activating group) is 1. The van der Waals surface area contributed by atoms with Crippen molar-refractivity contribution < 1.29 is 38.4 Å². The third-order valence-corrected chi connectivity index (χ3v) is 6.54. The molecule has 0 unspecified atom stereocenters. The van der Waals surface area contributed by atoms with Crippen molar-refractivity contribution in [2.75, 3.05) is 26.7 Å².